The molecular weight excluding hydrogens is 266 g/mol. The number of carbonyl (C=O) groups excluding carboxylic acids is 1. The predicted molar refractivity (Wildman–Crippen MR) is 80.5 cm³/mol. The molecule has 0 saturated carbocycles. The third-order valence-electron chi connectivity index (χ3n) is 4.27. The molecule has 5 heteroatoms. The molecule has 0 spiro atoms. The Labute approximate surface area is 124 Å². The number of rotatable bonds is 3. The summed E-state index contributed by atoms with van der Waals surface area (Å²) in [5, 5.41) is 0. The van der Waals surface area contributed by atoms with Gasteiger partial charge in [0.1, 0.15) is 5.65 Å². The summed E-state index contributed by atoms with van der Waals surface area (Å²) in [5.74, 6) is 0.392. The number of nitrogens with zero attached hydrogens (tertiary/aromatic N) is 3. The minimum absolute atomic E-state index is 0.322. The normalized spacial score (nSPS) is 17.2. The Morgan fingerprint density at radius 1 is 1.43 bits per heavy atom. The third-order valence-corrected chi connectivity index (χ3v) is 4.27. The number of hydrogen-bond acceptors (Lipinski definition) is 4. The summed E-state index contributed by atoms with van der Waals surface area (Å²) in [6, 6.07) is 3.55. The molecule has 1 fully saturated rings. The molecule has 0 aromatic carbocycles. The summed E-state index contributed by atoms with van der Waals surface area (Å²) >= 11 is 0. The minimum atomic E-state index is -0.322. The van der Waals surface area contributed by atoms with Gasteiger partial charge in [-0.2, -0.15) is 0 Å². The zero-order chi connectivity index (χ0) is 14.8. The van der Waals surface area contributed by atoms with Crippen LogP contribution >= 0.6 is 0 Å². The molecule has 0 unspecified atom stereocenters. The van der Waals surface area contributed by atoms with E-state index >= 15 is 0 Å². The molecule has 5 nitrogen and oxygen atoms in total. The maximum atomic E-state index is 11.5. The number of methoxy groups -OCH3 is 1. The number of hydrogen-bond donors (Lipinski definition) is 0. The number of ether oxygens (including phenoxy) is 1. The maximum Gasteiger partial charge on any atom is 0.338 e. The second-order valence-corrected chi connectivity index (χ2v) is 5.86. The lowest BCUT2D eigenvalue weighted by Crippen LogP contribution is -2.30. The molecule has 2 aromatic heterocycles. The fourth-order valence-electron chi connectivity index (χ4n) is 2.94. The molecule has 1 aliphatic heterocycles. The lowest BCUT2D eigenvalue weighted by molar-refractivity contribution is 0.0600. The quantitative estimate of drug-likeness (QED) is 0.810. The average molecular weight is 287 g/mol. The van der Waals surface area contributed by atoms with Crippen LogP contribution in [-0.2, 0) is 11.2 Å². The number of fused-ring (bicyclic) bond motifs is 1. The molecular formula is C16H21N3O2. The van der Waals surface area contributed by atoms with E-state index in [0.717, 1.165) is 17.8 Å². The van der Waals surface area contributed by atoms with Crippen LogP contribution in [0.5, 0.6) is 0 Å². The van der Waals surface area contributed by atoms with E-state index in [1.807, 2.05) is 10.6 Å². The highest BCUT2D eigenvalue weighted by Crippen LogP contribution is 2.21. The van der Waals surface area contributed by atoms with E-state index in [-0.39, 0.29) is 5.97 Å². The lowest BCUT2D eigenvalue weighted by atomic mass is 9.93. The van der Waals surface area contributed by atoms with Gasteiger partial charge in [0, 0.05) is 12.4 Å². The summed E-state index contributed by atoms with van der Waals surface area (Å²) < 4.78 is 6.71. The van der Waals surface area contributed by atoms with Crippen molar-refractivity contribution in [3.8, 4) is 0 Å². The fourth-order valence-corrected chi connectivity index (χ4v) is 2.94. The molecule has 0 atom stereocenters. The standard InChI is InChI=1S/C16H21N3O2/c1-18-6-3-12(4-7-18)9-14-11-19-8-5-13(16(20)21-2)10-15(19)17-14/h5,8,10-12H,3-4,6-7,9H2,1-2H3. The Kier molecular flexibility index (Phi) is 3.92. The van der Waals surface area contributed by atoms with Gasteiger partial charge in [-0.15, -0.1) is 0 Å². The van der Waals surface area contributed by atoms with Gasteiger partial charge in [-0.25, -0.2) is 9.78 Å². The van der Waals surface area contributed by atoms with Crippen molar-refractivity contribution in [3.05, 3.63) is 35.8 Å². The van der Waals surface area contributed by atoms with Gasteiger partial charge < -0.3 is 14.0 Å². The number of imidazole rings is 1. The van der Waals surface area contributed by atoms with E-state index in [2.05, 4.69) is 23.1 Å². The molecule has 2 aromatic rings. The Morgan fingerprint density at radius 2 is 2.19 bits per heavy atom. The summed E-state index contributed by atoms with van der Waals surface area (Å²) in [5.41, 5.74) is 2.45. The minimum Gasteiger partial charge on any atom is -0.465 e. The molecule has 0 radical (unpaired) electrons. The fraction of sp³-hybridized carbons (Fsp3) is 0.500. The highest BCUT2D eigenvalue weighted by molar-refractivity contribution is 5.90. The first-order chi connectivity index (χ1) is 10.2. The number of esters is 1. The lowest BCUT2D eigenvalue weighted by Gasteiger charge is -2.28. The first-order valence-electron chi connectivity index (χ1n) is 7.40. The van der Waals surface area contributed by atoms with Gasteiger partial charge in [-0.3, -0.25) is 0 Å². The maximum absolute atomic E-state index is 11.5. The summed E-state index contributed by atoms with van der Waals surface area (Å²) in [4.78, 5) is 18.6. The Hall–Kier alpha value is -1.88. The average Bonchev–Trinajstić information content (AvgIpc) is 2.90. The molecule has 0 N–H and O–H groups in total. The van der Waals surface area contributed by atoms with Crippen LogP contribution in [0.25, 0.3) is 5.65 Å². The first-order valence-corrected chi connectivity index (χ1v) is 7.40. The largest absolute Gasteiger partial charge is 0.465 e. The van der Waals surface area contributed by atoms with Crippen molar-refractivity contribution < 1.29 is 9.53 Å². The van der Waals surface area contributed by atoms with Crippen molar-refractivity contribution in [1.82, 2.24) is 14.3 Å². The van der Waals surface area contributed by atoms with Gasteiger partial charge in [0.15, 0.2) is 0 Å². The monoisotopic (exact) mass is 287 g/mol. The topological polar surface area (TPSA) is 46.8 Å². The van der Waals surface area contributed by atoms with Crippen molar-refractivity contribution >= 4 is 11.6 Å². The van der Waals surface area contributed by atoms with Crippen molar-refractivity contribution in [3.63, 3.8) is 0 Å². The van der Waals surface area contributed by atoms with Gasteiger partial charge >= 0.3 is 5.97 Å². The summed E-state index contributed by atoms with van der Waals surface area (Å²) in [6.45, 7) is 2.34. The zero-order valence-electron chi connectivity index (χ0n) is 12.6. The molecule has 3 heterocycles. The van der Waals surface area contributed by atoms with E-state index in [1.165, 1.54) is 33.0 Å². The molecule has 0 bridgehead atoms. The van der Waals surface area contributed by atoms with Crippen LogP contribution in [-0.4, -0.2) is 47.5 Å². The van der Waals surface area contributed by atoms with E-state index < -0.39 is 0 Å². The molecule has 3 rings (SSSR count). The van der Waals surface area contributed by atoms with Crippen LogP contribution in [0.15, 0.2) is 24.5 Å². The number of piperidine rings is 1. The Bertz CT molecular complexity index is 642. The highest BCUT2D eigenvalue weighted by atomic mass is 16.5. The summed E-state index contributed by atoms with van der Waals surface area (Å²) in [6.07, 6.45) is 7.42. The van der Waals surface area contributed by atoms with Crippen molar-refractivity contribution in [2.24, 2.45) is 5.92 Å². The predicted octanol–water partition coefficient (Wildman–Crippen LogP) is 2.01. The van der Waals surface area contributed by atoms with E-state index in [4.69, 9.17) is 4.74 Å². The van der Waals surface area contributed by atoms with E-state index in [1.54, 1.807) is 12.1 Å². The van der Waals surface area contributed by atoms with Crippen molar-refractivity contribution in [1.29, 1.82) is 0 Å². The first kappa shape index (κ1) is 14.1. The number of aromatic nitrogens is 2. The zero-order valence-corrected chi connectivity index (χ0v) is 12.6. The Balaban J connectivity index is 1.76. The smallest absolute Gasteiger partial charge is 0.338 e. The van der Waals surface area contributed by atoms with Crippen LogP contribution in [0.3, 0.4) is 0 Å². The van der Waals surface area contributed by atoms with Gasteiger partial charge in [0.25, 0.3) is 0 Å². The molecule has 1 aliphatic rings. The van der Waals surface area contributed by atoms with Crippen molar-refractivity contribution in [2.75, 3.05) is 27.2 Å². The second kappa shape index (κ2) is 5.85. The molecule has 1 saturated heterocycles. The van der Waals surface area contributed by atoms with Gasteiger partial charge in [-0.1, -0.05) is 0 Å². The van der Waals surface area contributed by atoms with Crippen LogP contribution in [0.2, 0.25) is 0 Å². The number of likely N-dealkylation sites (tertiary alicyclic amines) is 1. The summed E-state index contributed by atoms with van der Waals surface area (Å²) in [7, 11) is 3.57. The van der Waals surface area contributed by atoms with Gasteiger partial charge in [0.2, 0.25) is 0 Å². The number of carbonyl (C=O) groups is 1. The molecule has 21 heavy (non-hydrogen) atoms. The van der Waals surface area contributed by atoms with Gasteiger partial charge in [-0.05, 0) is 57.5 Å². The number of pyridine rings is 1. The Morgan fingerprint density at radius 3 is 2.90 bits per heavy atom. The second-order valence-electron chi connectivity index (χ2n) is 5.86. The molecule has 112 valence electrons. The van der Waals surface area contributed by atoms with Crippen LogP contribution in [0.4, 0.5) is 0 Å². The van der Waals surface area contributed by atoms with E-state index in [9.17, 15) is 4.79 Å². The highest BCUT2D eigenvalue weighted by Gasteiger charge is 2.18. The van der Waals surface area contributed by atoms with Gasteiger partial charge in [0.05, 0.1) is 18.4 Å². The molecule has 0 amide bonds. The third kappa shape index (κ3) is 3.08. The molecule has 0 aliphatic carbocycles. The van der Waals surface area contributed by atoms with E-state index in [0.29, 0.717) is 11.5 Å². The van der Waals surface area contributed by atoms with Crippen LogP contribution in [0.1, 0.15) is 28.9 Å². The van der Waals surface area contributed by atoms with Crippen LogP contribution < -0.4 is 0 Å². The SMILES string of the molecule is COC(=O)c1ccn2cc(CC3CCN(C)CC3)nc2c1. The van der Waals surface area contributed by atoms with Crippen molar-refractivity contribution in [2.45, 2.75) is 19.3 Å². The van der Waals surface area contributed by atoms with Crippen LogP contribution in [0, 0.1) is 5.92 Å².